The summed E-state index contributed by atoms with van der Waals surface area (Å²) in [6.07, 6.45) is 1.80. The number of aromatic nitrogens is 2. The minimum absolute atomic E-state index is 0.0529. The van der Waals surface area contributed by atoms with Crippen molar-refractivity contribution in [2.75, 3.05) is 31.0 Å². The lowest BCUT2D eigenvalue weighted by molar-refractivity contribution is -0.119. The minimum atomic E-state index is -0.265. The molecular weight excluding hydrogens is 474 g/mol. The van der Waals surface area contributed by atoms with Crippen molar-refractivity contribution in [1.82, 2.24) is 14.9 Å². The van der Waals surface area contributed by atoms with E-state index in [9.17, 15) is 4.79 Å². The van der Waals surface area contributed by atoms with Crippen LogP contribution in [0.15, 0.2) is 48.7 Å². The third-order valence-corrected chi connectivity index (χ3v) is 6.78. The Morgan fingerprint density at radius 3 is 2.58 bits per heavy atom. The molecule has 8 nitrogen and oxygen atoms in total. The van der Waals surface area contributed by atoms with Crippen LogP contribution >= 0.6 is 12.2 Å². The van der Waals surface area contributed by atoms with E-state index in [2.05, 4.69) is 58.8 Å². The topological polar surface area (TPSA) is 80.7 Å². The van der Waals surface area contributed by atoms with Crippen LogP contribution < -0.4 is 20.3 Å². The fraction of sp³-hybridized carbons (Fsp3) is 0.370. The van der Waals surface area contributed by atoms with E-state index < -0.39 is 0 Å². The van der Waals surface area contributed by atoms with E-state index in [1.165, 1.54) is 24.1 Å². The van der Waals surface area contributed by atoms with E-state index in [0.717, 1.165) is 11.4 Å². The number of nitrogens with one attached hydrogen (secondary N) is 2. The van der Waals surface area contributed by atoms with Gasteiger partial charge in [-0.1, -0.05) is 6.07 Å². The third-order valence-electron chi connectivity index (χ3n) is 6.47. The van der Waals surface area contributed by atoms with Crippen LogP contribution in [0, 0.1) is 13.8 Å². The Labute approximate surface area is 217 Å². The van der Waals surface area contributed by atoms with Gasteiger partial charge in [0.1, 0.15) is 12.4 Å². The fourth-order valence-corrected chi connectivity index (χ4v) is 5.45. The molecule has 1 fully saturated rings. The number of pyridine rings is 1. The van der Waals surface area contributed by atoms with Crippen LogP contribution in [0.5, 0.6) is 5.75 Å². The van der Waals surface area contributed by atoms with Gasteiger partial charge >= 0.3 is 0 Å². The van der Waals surface area contributed by atoms with Gasteiger partial charge in [-0.2, -0.15) is 0 Å². The van der Waals surface area contributed by atoms with Gasteiger partial charge in [0, 0.05) is 36.4 Å². The molecule has 1 aliphatic heterocycles. The molecule has 0 saturated carbocycles. The highest BCUT2D eigenvalue weighted by Gasteiger charge is 2.42. The average Bonchev–Trinajstić information content (AvgIpc) is 3.34. The Morgan fingerprint density at radius 1 is 1.19 bits per heavy atom. The Kier molecular flexibility index (Phi) is 7.61. The van der Waals surface area contributed by atoms with Crippen molar-refractivity contribution in [3.8, 4) is 5.75 Å². The summed E-state index contributed by atoms with van der Waals surface area (Å²) in [5, 5.41) is 6.98. The summed E-state index contributed by atoms with van der Waals surface area (Å²) in [5.41, 5.74) is 5.84. The standard InChI is InChI=1S/C27H33N5O3S/c1-16(2)31-17(3)13-20(18(31)4)26-25(21-9-7-8-12-28-21)30-27(36)32(26)19-10-11-23(35-6)22(14-19)29-24(33)15-34-5/h7-14,16,25-26H,15H2,1-6H3,(H,29,33)(H,30,36)/t25-,26+/m1/s1. The van der Waals surface area contributed by atoms with E-state index in [4.69, 9.17) is 21.7 Å². The molecule has 1 aliphatic rings. The molecule has 2 aromatic heterocycles. The minimum Gasteiger partial charge on any atom is -0.495 e. The molecule has 0 aliphatic carbocycles. The third kappa shape index (κ3) is 4.81. The normalized spacial score (nSPS) is 17.4. The molecule has 0 bridgehead atoms. The Bertz CT molecular complexity index is 1260. The molecule has 3 heterocycles. The molecule has 2 N–H and O–H groups in total. The summed E-state index contributed by atoms with van der Waals surface area (Å²) >= 11 is 5.89. The van der Waals surface area contributed by atoms with Crippen LogP contribution in [0.2, 0.25) is 0 Å². The van der Waals surface area contributed by atoms with Crippen molar-refractivity contribution in [3.05, 3.63) is 71.3 Å². The van der Waals surface area contributed by atoms with Gasteiger partial charge in [-0.3, -0.25) is 9.78 Å². The first-order valence-corrected chi connectivity index (χ1v) is 12.3. The number of nitrogens with zero attached hydrogens (tertiary/aromatic N) is 3. The smallest absolute Gasteiger partial charge is 0.250 e. The predicted octanol–water partition coefficient (Wildman–Crippen LogP) is 4.85. The van der Waals surface area contributed by atoms with Crippen LogP contribution in [0.25, 0.3) is 0 Å². The highest BCUT2D eigenvalue weighted by atomic mass is 32.1. The Morgan fingerprint density at radius 2 is 1.97 bits per heavy atom. The maximum atomic E-state index is 12.3. The summed E-state index contributed by atoms with van der Waals surface area (Å²) in [6.45, 7) is 8.61. The number of thiocarbonyl (C=S) groups is 1. The molecule has 3 aromatic rings. The number of hydrogen-bond acceptors (Lipinski definition) is 5. The van der Waals surface area contributed by atoms with Crippen LogP contribution in [0.1, 0.15) is 54.6 Å². The van der Waals surface area contributed by atoms with E-state index in [1.54, 1.807) is 13.3 Å². The summed E-state index contributed by atoms with van der Waals surface area (Å²) in [5.74, 6) is 0.288. The second-order valence-corrected chi connectivity index (χ2v) is 9.54. The van der Waals surface area contributed by atoms with Gasteiger partial charge in [-0.15, -0.1) is 0 Å². The van der Waals surface area contributed by atoms with Crippen molar-refractivity contribution in [3.63, 3.8) is 0 Å². The van der Waals surface area contributed by atoms with Crippen LogP contribution in [-0.2, 0) is 9.53 Å². The number of carbonyl (C=O) groups excluding carboxylic acids is 1. The van der Waals surface area contributed by atoms with Gasteiger partial charge in [-0.05, 0) is 81.9 Å². The number of hydrogen-bond donors (Lipinski definition) is 2. The zero-order valence-corrected chi connectivity index (χ0v) is 22.3. The number of benzene rings is 1. The zero-order valence-electron chi connectivity index (χ0n) is 21.5. The van der Waals surface area contributed by atoms with E-state index >= 15 is 0 Å². The number of aryl methyl sites for hydroxylation is 1. The molecule has 1 aromatic carbocycles. The summed E-state index contributed by atoms with van der Waals surface area (Å²) in [4.78, 5) is 19.0. The highest BCUT2D eigenvalue weighted by Crippen LogP contribution is 2.45. The molecule has 190 valence electrons. The first-order valence-electron chi connectivity index (χ1n) is 11.9. The first-order chi connectivity index (χ1) is 17.3. The molecule has 0 unspecified atom stereocenters. The largest absolute Gasteiger partial charge is 0.495 e. The fourth-order valence-electron chi connectivity index (χ4n) is 5.11. The Hall–Kier alpha value is -3.43. The van der Waals surface area contributed by atoms with Gasteiger partial charge < -0.3 is 29.6 Å². The van der Waals surface area contributed by atoms with E-state index in [0.29, 0.717) is 22.6 Å². The number of anilines is 2. The average molecular weight is 508 g/mol. The number of methoxy groups -OCH3 is 2. The predicted molar refractivity (Wildman–Crippen MR) is 146 cm³/mol. The first kappa shape index (κ1) is 25.7. The number of ether oxygens (including phenoxy) is 2. The maximum absolute atomic E-state index is 12.3. The lowest BCUT2D eigenvalue weighted by Gasteiger charge is -2.29. The van der Waals surface area contributed by atoms with Crippen molar-refractivity contribution >= 4 is 34.6 Å². The summed E-state index contributed by atoms with van der Waals surface area (Å²) in [7, 11) is 3.06. The Balaban J connectivity index is 1.85. The van der Waals surface area contributed by atoms with Crippen LogP contribution in [-0.4, -0.2) is 41.4 Å². The molecule has 2 atom stereocenters. The molecule has 0 spiro atoms. The number of carbonyl (C=O) groups is 1. The molecule has 1 saturated heterocycles. The molecule has 4 rings (SSSR count). The maximum Gasteiger partial charge on any atom is 0.250 e. The lowest BCUT2D eigenvalue weighted by Crippen LogP contribution is -2.30. The van der Waals surface area contributed by atoms with Gasteiger partial charge in [0.15, 0.2) is 5.11 Å². The molecule has 36 heavy (non-hydrogen) atoms. The quantitative estimate of drug-likeness (QED) is 0.422. The van der Waals surface area contributed by atoms with Crippen molar-refractivity contribution in [2.45, 2.75) is 45.8 Å². The van der Waals surface area contributed by atoms with Crippen LogP contribution in [0.4, 0.5) is 11.4 Å². The second-order valence-electron chi connectivity index (χ2n) is 9.15. The second kappa shape index (κ2) is 10.7. The molecular formula is C27H33N5O3S. The molecule has 0 radical (unpaired) electrons. The summed E-state index contributed by atoms with van der Waals surface area (Å²) in [6, 6.07) is 13.8. The number of rotatable bonds is 8. The SMILES string of the molecule is COCC(=O)Nc1cc(N2C(=S)N[C@H](c3ccccn3)[C@@H]2c2cc(C)n(C(C)C)c2C)ccc1OC. The van der Waals surface area contributed by atoms with Gasteiger partial charge in [0.25, 0.3) is 0 Å². The summed E-state index contributed by atoms with van der Waals surface area (Å²) < 4.78 is 12.8. The number of amides is 1. The van der Waals surface area contributed by atoms with Crippen molar-refractivity contribution < 1.29 is 14.3 Å². The molecule has 9 heteroatoms. The van der Waals surface area contributed by atoms with Crippen molar-refractivity contribution in [1.29, 1.82) is 0 Å². The van der Waals surface area contributed by atoms with Gasteiger partial charge in [-0.25, -0.2) is 0 Å². The lowest BCUT2D eigenvalue weighted by atomic mass is 9.96. The van der Waals surface area contributed by atoms with Crippen molar-refractivity contribution in [2.24, 2.45) is 0 Å². The van der Waals surface area contributed by atoms with Crippen LogP contribution in [0.3, 0.4) is 0 Å². The molecule has 1 amide bonds. The van der Waals surface area contributed by atoms with Gasteiger partial charge in [0.2, 0.25) is 5.91 Å². The van der Waals surface area contributed by atoms with E-state index in [-0.39, 0.29) is 24.6 Å². The zero-order chi connectivity index (χ0) is 26.0. The van der Waals surface area contributed by atoms with Gasteiger partial charge in [0.05, 0.1) is 30.6 Å². The monoisotopic (exact) mass is 507 g/mol. The van der Waals surface area contributed by atoms with E-state index in [1.807, 2.05) is 36.4 Å². The highest BCUT2D eigenvalue weighted by molar-refractivity contribution is 7.80.